The molecule has 1 aromatic rings. The first kappa shape index (κ1) is 14.5. The quantitative estimate of drug-likeness (QED) is 0.904. The van der Waals surface area contributed by atoms with E-state index in [0.29, 0.717) is 16.6 Å². The van der Waals surface area contributed by atoms with Gasteiger partial charge in [0.25, 0.3) is 5.91 Å². The third-order valence-corrected chi connectivity index (χ3v) is 3.90. The minimum Gasteiger partial charge on any atom is -0.375 e. The highest BCUT2D eigenvalue weighted by Crippen LogP contribution is 2.25. The molecule has 19 heavy (non-hydrogen) atoms. The minimum absolute atomic E-state index is 0.0615. The van der Waals surface area contributed by atoms with E-state index in [-0.39, 0.29) is 17.6 Å². The summed E-state index contributed by atoms with van der Waals surface area (Å²) in [7, 11) is 0. The van der Waals surface area contributed by atoms with Gasteiger partial charge in [-0.1, -0.05) is 0 Å². The van der Waals surface area contributed by atoms with E-state index in [4.69, 9.17) is 4.74 Å². The maximum atomic E-state index is 13.2. The molecule has 1 unspecified atom stereocenters. The molecule has 1 aliphatic heterocycles. The van der Waals surface area contributed by atoms with Crippen molar-refractivity contribution < 1.29 is 13.9 Å². The zero-order valence-electron chi connectivity index (χ0n) is 11.0. The zero-order chi connectivity index (χ0) is 14.0. The van der Waals surface area contributed by atoms with Gasteiger partial charge in [-0.3, -0.25) is 4.79 Å². The first-order valence-electron chi connectivity index (χ1n) is 6.27. The molecule has 1 aromatic carbocycles. The van der Waals surface area contributed by atoms with Gasteiger partial charge in [-0.05, 0) is 60.8 Å². The van der Waals surface area contributed by atoms with Crippen LogP contribution in [0.5, 0.6) is 0 Å². The Hall–Kier alpha value is -0.940. The number of hydrogen-bond acceptors (Lipinski definition) is 2. The van der Waals surface area contributed by atoms with Gasteiger partial charge in [-0.15, -0.1) is 0 Å². The highest BCUT2D eigenvalue weighted by molar-refractivity contribution is 9.10. The van der Waals surface area contributed by atoms with Gasteiger partial charge in [-0.25, -0.2) is 4.39 Å². The second-order valence-corrected chi connectivity index (χ2v) is 6.25. The molecule has 1 saturated heterocycles. The molecule has 1 fully saturated rings. The van der Waals surface area contributed by atoms with Crippen LogP contribution in [-0.2, 0) is 4.74 Å². The fourth-order valence-electron chi connectivity index (χ4n) is 2.29. The van der Waals surface area contributed by atoms with Crippen molar-refractivity contribution in [3.8, 4) is 0 Å². The van der Waals surface area contributed by atoms with Crippen LogP contribution < -0.4 is 5.32 Å². The summed E-state index contributed by atoms with van der Waals surface area (Å²) < 4.78 is 19.4. The largest absolute Gasteiger partial charge is 0.375 e. The molecule has 0 spiro atoms. The highest BCUT2D eigenvalue weighted by atomic mass is 79.9. The molecular weight excluding hydrogens is 313 g/mol. The van der Waals surface area contributed by atoms with Crippen LogP contribution in [0.1, 0.15) is 37.0 Å². The second kappa shape index (κ2) is 5.59. The Morgan fingerprint density at radius 1 is 1.53 bits per heavy atom. The minimum atomic E-state index is -0.416. The topological polar surface area (TPSA) is 38.3 Å². The number of halogens is 2. The standard InChI is InChI=1S/C14H17BrFNO2/c1-14(2)8-10(5-6-19-14)17-13(18)11-7-9(16)3-4-12(11)15/h3-4,7,10H,5-6,8H2,1-2H3,(H,17,18). The van der Waals surface area contributed by atoms with E-state index >= 15 is 0 Å². The van der Waals surface area contributed by atoms with Crippen molar-refractivity contribution in [1.29, 1.82) is 0 Å². The molecule has 1 atom stereocenters. The van der Waals surface area contributed by atoms with Crippen LogP contribution in [0.4, 0.5) is 4.39 Å². The third-order valence-electron chi connectivity index (χ3n) is 3.21. The third kappa shape index (κ3) is 3.76. The molecule has 0 bridgehead atoms. The fourth-order valence-corrected chi connectivity index (χ4v) is 2.72. The molecule has 0 radical (unpaired) electrons. The first-order valence-corrected chi connectivity index (χ1v) is 7.06. The fraction of sp³-hybridized carbons (Fsp3) is 0.500. The number of hydrogen-bond donors (Lipinski definition) is 1. The van der Waals surface area contributed by atoms with Crippen LogP contribution in [0.15, 0.2) is 22.7 Å². The molecule has 0 aliphatic carbocycles. The van der Waals surface area contributed by atoms with Crippen LogP contribution in [0.3, 0.4) is 0 Å². The van der Waals surface area contributed by atoms with E-state index in [2.05, 4.69) is 21.2 Å². The number of carbonyl (C=O) groups excluding carboxylic acids is 1. The molecule has 1 heterocycles. The molecule has 0 saturated carbocycles. The number of ether oxygens (including phenoxy) is 1. The number of carbonyl (C=O) groups is 1. The molecule has 104 valence electrons. The maximum Gasteiger partial charge on any atom is 0.252 e. The summed E-state index contributed by atoms with van der Waals surface area (Å²) in [4.78, 5) is 12.1. The number of amides is 1. The van der Waals surface area contributed by atoms with Crippen LogP contribution in [0, 0.1) is 5.82 Å². The predicted octanol–water partition coefficient (Wildman–Crippen LogP) is 3.28. The van der Waals surface area contributed by atoms with E-state index < -0.39 is 5.82 Å². The van der Waals surface area contributed by atoms with Crippen LogP contribution in [-0.4, -0.2) is 24.2 Å². The lowest BCUT2D eigenvalue weighted by molar-refractivity contribution is -0.0615. The first-order chi connectivity index (χ1) is 8.87. The van der Waals surface area contributed by atoms with Crippen molar-refractivity contribution in [3.63, 3.8) is 0 Å². The lowest BCUT2D eigenvalue weighted by Crippen LogP contribution is -2.45. The van der Waals surface area contributed by atoms with E-state index in [9.17, 15) is 9.18 Å². The second-order valence-electron chi connectivity index (χ2n) is 5.40. The summed E-state index contributed by atoms with van der Waals surface area (Å²) in [6.07, 6.45) is 1.54. The maximum absolute atomic E-state index is 13.2. The summed E-state index contributed by atoms with van der Waals surface area (Å²) in [5.74, 6) is -0.672. The predicted molar refractivity (Wildman–Crippen MR) is 74.6 cm³/mol. The van der Waals surface area contributed by atoms with Crippen molar-refractivity contribution >= 4 is 21.8 Å². The average molecular weight is 330 g/mol. The Balaban J connectivity index is 2.06. The van der Waals surface area contributed by atoms with Gasteiger partial charge in [0.05, 0.1) is 11.2 Å². The Morgan fingerprint density at radius 3 is 2.95 bits per heavy atom. The van der Waals surface area contributed by atoms with Crippen molar-refractivity contribution in [1.82, 2.24) is 5.32 Å². The Bertz CT molecular complexity index is 490. The summed E-state index contributed by atoms with van der Waals surface area (Å²) in [6, 6.07) is 4.16. The van der Waals surface area contributed by atoms with Crippen molar-refractivity contribution in [2.24, 2.45) is 0 Å². The normalized spacial score (nSPS) is 22.0. The van der Waals surface area contributed by atoms with E-state index in [1.807, 2.05) is 13.8 Å². The molecule has 1 N–H and O–H groups in total. The Morgan fingerprint density at radius 2 is 2.26 bits per heavy atom. The summed E-state index contributed by atoms with van der Waals surface area (Å²) in [6.45, 7) is 4.63. The monoisotopic (exact) mass is 329 g/mol. The van der Waals surface area contributed by atoms with E-state index in [1.165, 1.54) is 18.2 Å². The molecular formula is C14H17BrFNO2. The molecule has 1 amide bonds. The zero-order valence-corrected chi connectivity index (χ0v) is 12.6. The van der Waals surface area contributed by atoms with Crippen LogP contribution in [0.2, 0.25) is 0 Å². The molecule has 5 heteroatoms. The molecule has 1 aliphatic rings. The van der Waals surface area contributed by atoms with Gasteiger partial charge in [0, 0.05) is 17.1 Å². The van der Waals surface area contributed by atoms with Gasteiger partial charge in [-0.2, -0.15) is 0 Å². The summed E-state index contributed by atoms with van der Waals surface area (Å²) in [5, 5.41) is 2.94. The highest BCUT2D eigenvalue weighted by Gasteiger charge is 2.30. The van der Waals surface area contributed by atoms with Gasteiger partial charge in [0.15, 0.2) is 0 Å². The van der Waals surface area contributed by atoms with E-state index in [0.717, 1.165) is 12.8 Å². The molecule has 3 nitrogen and oxygen atoms in total. The van der Waals surface area contributed by atoms with E-state index in [1.54, 1.807) is 0 Å². The molecule has 0 aromatic heterocycles. The van der Waals surface area contributed by atoms with Gasteiger partial charge >= 0.3 is 0 Å². The lowest BCUT2D eigenvalue weighted by atomic mass is 9.94. The van der Waals surface area contributed by atoms with Gasteiger partial charge in [0.1, 0.15) is 5.82 Å². The summed E-state index contributed by atoms with van der Waals surface area (Å²) >= 11 is 3.27. The van der Waals surface area contributed by atoms with Gasteiger partial charge < -0.3 is 10.1 Å². The van der Waals surface area contributed by atoms with Crippen LogP contribution in [0.25, 0.3) is 0 Å². The average Bonchev–Trinajstić information content (AvgIpc) is 2.31. The number of nitrogens with one attached hydrogen (secondary N) is 1. The van der Waals surface area contributed by atoms with Crippen molar-refractivity contribution in [3.05, 3.63) is 34.1 Å². The van der Waals surface area contributed by atoms with Crippen LogP contribution >= 0.6 is 15.9 Å². The SMILES string of the molecule is CC1(C)CC(NC(=O)c2cc(F)ccc2Br)CCO1. The number of rotatable bonds is 2. The van der Waals surface area contributed by atoms with Gasteiger partial charge in [0.2, 0.25) is 0 Å². The molecule has 2 rings (SSSR count). The van der Waals surface area contributed by atoms with Crippen molar-refractivity contribution in [2.75, 3.05) is 6.61 Å². The Labute approximate surface area is 120 Å². The van der Waals surface area contributed by atoms with Crippen molar-refractivity contribution in [2.45, 2.75) is 38.3 Å². The summed E-state index contributed by atoms with van der Waals surface area (Å²) in [5.41, 5.74) is 0.0966. The number of benzene rings is 1. The Kier molecular flexibility index (Phi) is 4.26. The smallest absolute Gasteiger partial charge is 0.252 e. The lowest BCUT2D eigenvalue weighted by Gasteiger charge is -2.35.